The van der Waals surface area contributed by atoms with Crippen LogP contribution in [0.2, 0.25) is 0 Å². The molecule has 6 rings (SSSR count). The maximum absolute atomic E-state index is 13.1. The van der Waals surface area contributed by atoms with Crippen molar-refractivity contribution in [3.8, 4) is 0 Å². The number of hydrogen-bond donors (Lipinski definition) is 0. The smallest absolute Gasteiger partial charge is 0.248 e. The Bertz CT molecular complexity index is 932. The Morgan fingerprint density at radius 1 is 1.09 bits per heavy atom. The summed E-state index contributed by atoms with van der Waals surface area (Å²) < 4.78 is 5.64. The van der Waals surface area contributed by atoms with E-state index in [-0.39, 0.29) is 18.4 Å². The monoisotopic (exact) mass is 479 g/mol. The summed E-state index contributed by atoms with van der Waals surface area (Å²) in [7, 11) is 0. The van der Waals surface area contributed by atoms with Crippen LogP contribution in [0.4, 0.5) is 0 Å². The van der Waals surface area contributed by atoms with E-state index in [9.17, 15) is 9.59 Å². The first-order valence-corrected chi connectivity index (χ1v) is 13.5. The van der Waals surface area contributed by atoms with Gasteiger partial charge in [-0.3, -0.25) is 14.5 Å². The summed E-state index contributed by atoms with van der Waals surface area (Å²) in [6.07, 6.45) is 7.02. The van der Waals surface area contributed by atoms with E-state index in [4.69, 9.17) is 4.74 Å². The SMILES string of the molecule is CC1(C)C2CC=C(CN(CCN3CCN(C(=O)COCc4ccccc4)CC3)C(=O)C3CC3)C1C2. The molecule has 6 nitrogen and oxygen atoms in total. The third-order valence-electron chi connectivity index (χ3n) is 8.94. The number of nitrogens with zero attached hydrogens (tertiary/aromatic N) is 3. The van der Waals surface area contributed by atoms with Gasteiger partial charge in [0.2, 0.25) is 11.8 Å². The Morgan fingerprint density at radius 2 is 1.83 bits per heavy atom. The fraction of sp³-hybridized carbons (Fsp3) is 0.655. The molecule has 4 aliphatic carbocycles. The van der Waals surface area contributed by atoms with Crippen molar-refractivity contribution in [3.63, 3.8) is 0 Å². The van der Waals surface area contributed by atoms with Gasteiger partial charge in [-0.15, -0.1) is 0 Å². The van der Waals surface area contributed by atoms with E-state index in [0.717, 1.165) is 70.1 Å². The highest BCUT2D eigenvalue weighted by Gasteiger charge is 2.51. The number of hydrogen-bond acceptors (Lipinski definition) is 4. The fourth-order valence-electron chi connectivity index (χ4n) is 6.14. The molecule has 3 fully saturated rings. The van der Waals surface area contributed by atoms with Crippen LogP contribution in [0.25, 0.3) is 0 Å². The van der Waals surface area contributed by atoms with Crippen molar-refractivity contribution in [2.45, 2.75) is 46.1 Å². The molecule has 2 saturated carbocycles. The van der Waals surface area contributed by atoms with Gasteiger partial charge in [0.25, 0.3) is 0 Å². The summed E-state index contributed by atoms with van der Waals surface area (Å²) in [6.45, 7) is 11.1. The summed E-state index contributed by atoms with van der Waals surface area (Å²) in [5, 5.41) is 0. The largest absolute Gasteiger partial charge is 0.367 e. The molecule has 5 aliphatic rings. The van der Waals surface area contributed by atoms with Gasteiger partial charge in [-0.05, 0) is 48.5 Å². The van der Waals surface area contributed by atoms with Crippen LogP contribution in [0.1, 0.15) is 45.1 Å². The molecule has 1 aromatic carbocycles. The van der Waals surface area contributed by atoms with E-state index >= 15 is 0 Å². The van der Waals surface area contributed by atoms with Crippen molar-refractivity contribution in [3.05, 3.63) is 47.5 Å². The number of piperazine rings is 1. The third-order valence-corrected chi connectivity index (χ3v) is 8.94. The van der Waals surface area contributed by atoms with Gasteiger partial charge in [0, 0.05) is 51.7 Å². The predicted molar refractivity (Wildman–Crippen MR) is 136 cm³/mol. The number of rotatable bonds is 10. The molecule has 2 atom stereocenters. The van der Waals surface area contributed by atoms with Crippen LogP contribution >= 0.6 is 0 Å². The molecule has 1 aliphatic heterocycles. The van der Waals surface area contributed by atoms with Crippen LogP contribution in [0.15, 0.2) is 42.0 Å². The zero-order valence-corrected chi connectivity index (χ0v) is 21.5. The molecule has 0 aromatic heterocycles. The number of carbonyl (C=O) groups is 2. The van der Waals surface area contributed by atoms with Gasteiger partial charge in [0.1, 0.15) is 6.61 Å². The molecule has 0 N–H and O–H groups in total. The van der Waals surface area contributed by atoms with Gasteiger partial charge in [0.05, 0.1) is 6.61 Å². The van der Waals surface area contributed by atoms with Gasteiger partial charge in [-0.1, -0.05) is 55.8 Å². The lowest BCUT2D eigenvalue weighted by molar-refractivity contribution is -0.138. The van der Waals surface area contributed by atoms with E-state index in [1.807, 2.05) is 35.2 Å². The first-order valence-electron chi connectivity index (χ1n) is 13.5. The van der Waals surface area contributed by atoms with Gasteiger partial charge in [-0.2, -0.15) is 0 Å². The van der Waals surface area contributed by atoms with Crippen molar-refractivity contribution < 1.29 is 14.3 Å². The number of fused-ring (bicyclic) bond motifs is 1. The molecule has 1 aromatic rings. The zero-order valence-electron chi connectivity index (χ0n) is 21.5. The molecule has 1 heterocycles. The normalized spacial score (nSPS) is 25.5. The number of allylic oxidation sites excluding steroid dienone is 1. The molecular weight excluding hydrogens is 438 g/mol. The number of benzene rings is 1. The van der Waals surface area contributed by atoms with E-state index in [1.54, 1.807) is 0 Å². The standard InChI is InChI=1S/C29H41N3O3/c1-29(2)25-11-10-24(26(29)18-25)19-32(28(34)23-8-9-23)17-14-30-12-15-31(16-13-30)27(33)21-35-20-22-6-4-3-5-7-22/h3-7,10,23,25-26H,8-9,11-21H2,1-2H3. The van der Waals surface area contributed by atoms with E-state index in [2.05, 4.69) is 29.7 Å². The van der Waals surface area contributed by atoms with Crippen molar-refractivity contribution >= 4 is 11.8 Å². The lowest BCUT2D eigenvalue weighted by Crippen LogP contribution is -2.52. The Morgan fingerprint density at radius 3 is 2.49 bits per heavy atom. The second kappa shape index (κ2) is 10.4. The van der Waals surface area contributed by atoms with Crippen LogP contribution in [0, 0.1) is 23.2 Å². The minimum atomic E-state index is 0.0665. The molecule has 0 spiro atoms. The summed E-state index contributed by atoms with van der Waals surface area (Å²) in [5.74, 6) is 2.15. The Balaban J connectivity index is 1.06. The average Bonchev–Trinajstić information content (AvgIpc) is 3.72. The van der Waals surface area contributed by atoms with Crippen molar-refractivity contribution in [2.24, 2.45) is 23.2 Å². The molecular formula is C29H41N3O3. The number of carbonyl (C=O) groups excluding carboxylic acids is 2. The van der Waals surface area contributed by atoms with E-state index in [1.165, 1.54) is 18.4 Å². The van der Waals surface area contributed by atoms with Crippen LogP contribution in [-0.4, -0.2) is 78.9 Å². The summed E-state index contributed by atoms with van der Waals surface area (Å²) in [5.41, 5.74) is 2.98. The lowest BCUT2D eigenvalue weighted by atomic mass is 9.49. The average molecular weight is 480 g/mol. The highest BCUT2D eigenvalue weighted by molar-refractivity contribution is 5.81. The van der Waals surface area contributed by atoms with Gasteiger partial charge < -0.3 is 14.5 Å². The minimum Gasteiger partial charge on any atom is -0.367 e. The maximum atomic E-state index is 13.1. The van der Waals surface area contributed by atoms with Gasteiger partial charge in [0.15, 0.2) is 0 Å². The van der Waals surface area contributed by atoms with Crippen molar-refractivity contribution in [1.29, 1.82) is 0 Å². The second-order valence-corrected chi connectivity index (χ2v) is 11.6. The highest BCUT2D eigenvalue weighted by atomic mass is 16.5. The molecule has 2 bridgehead atoms. The molecule has 1 saturated heterocycles. The first-order chi connectivity index (χ1) is 16.9. The summed E-state index contributed by atoms with van der Waals surface area (Å²) in [6, 6.07) is 9.96. The van der Waals surface area contributed by atoms with Crippen LogP contribution in [0.3, 0.4) is 0 Å². The van der Waals surface area contributed by atoms with Gasteiger partial charge >= 0.3 is 0 Å². The molecule has 0 radical (unpaired) electrons. The van der Waals surface area contributed by atoms with E-state index < -0.39 is 0 Å². The topological polar surface area (TPSA) is 53.1 Å². The van der Waals surface area contributed by atoms with Crippen molar-refractivity contribution in [2.75, 3.05) is 52.4 Å². The summed E-state index contributed by atoms with van der Waals surface area (Å²) in [4.78, 5) is 32.1. The minimum absolute atomic E-state index is 0.0665. The molecule has 6 heteroatoms. The fourth-order valence-corrected chi connectivity index (χ4v) is 6.14. The molecule has 2 unspecified atom stereocenters. The first kappa shape index (κ1) is 24.5. The Labute approximate surface area is 210 Å². The van der Waals surface area contributed by atoms with Crippen LogP contribution < -0.4 is 0 Å². The third kappa shape index (κ3) is 5.64. The van der Waals surface area contributed by atoms with Crippen molar-refractivity contribution in [1.82, 2.24) is 14.7 Å². The number of ether oxygens (including phenoxy) is 1. The van der Waals surface area contributed by atoms with Gasteiger partial charge in [-0.25, -0.2) is 0 Å². The van der Waals surface area contributed by atoms with E-state index in [0.29, 0.717) is 23.8 Å². The summed E-state index contributed by atoms with van der Waals surface area (Å²) >= 11 is 0. The maximum Gasteiger partial charge on any atom is 0.248 e. The Hall–Kier alpha value is -2.18. The lowest BCUT2D eigenvalue weighted by Gasteiger charge is -2.57. The van der Waals surface area contributed by atoms with Crippen LogP contribution in [0.5, 0.6) is 0 Å². The molecule has 2 amide bonds. The molecule has 190 valence electrons. The number of amides is 2. The zero-order chi connectivity index (χ0) is 24.4. The predicted octanol–water partition coefficient (Wildman–Crippen LogP) is 3.58. The Kier molecular flexibility index (Phi) is 7.31. The van der Waals surface area contributed by atoms with Crippen LogP contribution in [-0.2, 0) is 20.9 Å². The highest BCUT2D eigenvalue weighted by Crippen LogP contribution is 2.59. The second-order valence-electron chi connectivity index (χ2n) is 11.6. The molecule has 35 heavy (non-hydrogen) atoms. The quantitative estimate of drug-likeness (QED) is 0.482.